The number of hydrogen-bond donors (Lipinski definition) is 0. The van der Waals surface area contributed by atoms with E-state index >= 15 is 0 Å². The molecule has 0 aromatic rings. The van der Waals surface area contributed by atoms with Gasteiger partial charge in [0.05, 0.1) is 6.23 Å². The van der Waals surface area contributed by atoms with E-state index in [1.165, 1.54) is 0 Å². The summed E-state index contributed by atoms with van der Waals surface area (Å²) in [6.07, 6.45) is 0.168. The molecule has 10 heavy (non-hydrogen) atoms. The first kappa shape index (κ1) is 10.1. The van der Waals surface area contributed by atoms with Crippen molar-refractivity contribution < 1.29 is 8.85 Å². The van der Waals surface area contributed by atoms with Crippen molar-refractivity contribution in [2.24, 2.45) is 0 Å². The quantitative estimate of drug-likeness (QED) is 0.442. The molecule has 0 fully saturated rings. The average Bonchev–Trinajstić information content (AvgIpc) is 1.87. The Bertz CT molecular complexity index is 89.8. The largest absolute Gasteiger partial charge is 0.400 e. The van der Waals surface area contributed by atoms with Gasteiger partial charge in [0.25, 0.3) is 0 Å². The van der Waals surface area contributed by atoms with Crippen LogP contribution in [0, 0.1) is 0 Å². The fraction of sp³-hybridized carbons (Fsp3) is 1.00. The highest BCUT2D eigenvalue weighted by atomic mass is 28.3. The van der Waals surface area contributed by atoms with Gasteiger partial charge in [-0.25, -0.2) is 0 Å². The molecule has 0 spiro atoms. The Morgan fingerprint density at radius 2 is 1.90 bits per heavy atom. The number of hydrogen-bond acceptors (Lipinski definition) is 3. The molecule has 0 aliphatic rings. The third-order valence-corrected chi connectivity index (χ3v) is 2.89. The predicted octanol–water partition coefficient (Wildman–Crippen LogP) is 0.407. The zero-order valence-corrected chi connectivity index (χ0v) is 8.57. The van der Waals surface area contributed by atoms with Gasteiger partial charge in [0.2, 0.25) is 0 Å². The van der Waals surface area contributed by atoms with Crippen LogP contribution < -0.4 is 0 Å². The van der Waals surface area contributed by atoms with E-state index < -0.39 is 9.28 Å². The lowest BCUT2D eigenvalue weighted by Crippen LogP contribution is -2.33. The summed E-state index contributed by atoms with van der Waals surface area (Å²) in [5, 5.41) is 0. The van der Waals surface area contributed by atoms with Gasteiger partial charge in [-0.3, -0.25) is 4.90 Å². The van der Waals surface area contributed by atoms with Gasteiger partial charge >= 0.3 is 9.28 Å². The van der Waals surface area contributed by atoms with Gasteiger partial charge in [0.15, 0.2) is 0 Å². The lowest BCUT2D eigenvalue weighted by Gasteiger charge is -2.22. The highest BCUT2D eigenvalue weighted by molar-refractivity contribution is 6.42. The van der Waals surface area contributed by atoms with Crippen LogP contribution in [-0.2, 0) is 8.85 Å². The second kappa shape index (κ2) is 4.84. The van der Waals surface area contributed by atoms with Gasteiger partial charge in [0, 0.05) is 7.11 Å². The van der Waals surface area contributed by atoms with Crippen molar-refractivity contribution in [3.8, 4) is 0 Å². The second-order valence-corrected chi connectivity index (χ2v) is 4.38. The van der Waals surface area contributed by atoms with Crippen LogP contribution in [0.3, 0.4) is 0 Å². The fourth-order valence-electron chi connectivity index (χ4n) is 0.455. The molecule has 0 heterocycles. The summed E-state index contributed by atoms with van der Waals surface area (Å²) >= 11 is 0. The molecule has 3 nitrogen and oxygen atoms in total. The normalized spacial score (nSPS) is 17.4. The predicted molar refractivity (Wildman–Crippen MR) is 44.3 cm³/mol. The van der Waals surface area contributed by atoms with Crippen LogP contribution in [-0.4, -0.2) is 41.6 Å². The van der Waals surface area contributed by atoms with E-state index in [0.717, 1.165) is 0 Å². The molecule has 0 aromatic heterocycles. The van der Waals surface area contributed by atoms with Crippen molar-refractivity contribution in [1.82, 2.24) is 4.90 Å². The Morgan fingerprint density at radius 3 is 2.20 bits per heavy atom. The molecule has 0 aliphatic carbocycles. The molecular formula is C6H17NO2Si. The molecule has 0 bridgehead atoms. The summed E-state index contributed by atoms with van der Waals surface area (Å²) in [5.74, 6) is 0. The van der Waals surface area contributed by atoms with Crippen molar-refractivity contribution in [2.45, 2.75) is 19.7 Å². The van der Waals surface area contributed by atoms with Crippen molar-refractivity contribution in [1.29, 1.82) is 0 Å². The highest BCUT2D eigenvalue weighted by Crippen LogP contribution is 1.97. The van der Waals surface area contributed by atoms with Crippen LogP contribution in [0.15, 0.2) is 0 Å². The van der Waals surface area contributed by atoms with Crippen LogP contribution in [0.4, 0.5) is 0 Å². The molecule has 2 unspecified atom stereocenters. The summed E-state index contributed by atoms with van der Waals surface area (Å²) in [7, 11) is 4.33. The standard InChI is InChI=1S/C6H17NO2Si/c1-6(7(2)3)9-10(5)8-4/h6,10H,1-5H3. The SMILES string of the molecule is CO[SiH](C)OC(C)N(C)C. The molecule has 0 amide bonds. The van der Waals surface area contributed by atoms with E-state index in [1.54, 1.807) is 7.11 Å². The zero-order chi connectivity index (χ0) is 8.15. The summed E-state index contributed by atoms with van der Waals surface area (Å²) < 4.78 is 10.6. The molecule has 2 atom stereocenters. The Kier molecular flexibility index (Phi) is 4.89. The van der Waals surface area contributed by atoms with E-state index in [4.69, 9.17) is 8.85 Å². The summed E-state index contributed by atoms with van der Waals surface area (Å²) in [6, 6.07) is 0. The lowest BCUT2D eigenvalue weighted by atomic mass is 10.6. The van der Waals surface area contributed by atoms with Crippen LogP contribution in [0.5, 0.6) is 0 Å². The first-order chi connectivity index (χ1) is 4.57. The van der Waals surface area contributed by atoms with Crippen molar-refractivity contribution in [3.05, 3.63) is 0 Å². The molecule has 0 radical (unpaired) electrons. The first-order valence-electron chi connectivity index (χ1n) is 3.42. The molecule has 4 heteroatoms. The van der Waals surface area contributed by atoms with E-state index in [9.17, 15) is 0 Å². The molecule has 0 saturated heterocycles. The summed E-state index contributed by atoms with van der Waals surface area (Å²) in [4.78, 5) is 2.02. The van der Waals surface area contributed by atoms with Gasteiger partial charge in [-0.05, 0) is 27.6 Å². The molecule has 0 aliphatic heterocycles. The molecule has 0 saturated carbocycles. The van der Waals surface area contributed by atoms with Crippen molar-refractivity contribution in [2.75, 3.05) is 21.2 Å². The molecule has 0 aromatic carbocycles. The monoisotopic (exact) mass is 163 g/mol. The van der Waals surface area contributed by atoms with Crippen molar-refractivity contribution in [3.63, 3.8) is 0 Å². The second-order valence-electron chi connectivity index (χ2n) is 2.50. The minimum Gasteiger partial charge on any atom is -0.400 e. The Hall–Kier alpha value is 0.0969. The van der Waals surface area contributed by atoms with E-state index in [-0.39, 0.29) is 6.23 Å². The first-order valence-corrected chi connectivity index (χ1v) is 5.52. The van der Waals surface area contributed by atoms with Gasteiger partial charge < -0.3 is 8.85 Å². The van der Waals surface area contributed by atoms with Gasteiger partial charge in [-0.1, -0.05) is 0 Å². The average molecular weight is 163 g/mol. The highest BCUT2D eigenvalue weighted by Gasteiger charge is 2.10. The number of nitrogens with zero attached hydrogens (tertiary/aromatic N) is 1. The Balaban J connectivity index is 3.46. The fourth-order valence-corrected chi connectivity index (χ4v) is 1.36. The van der Waals surface area contributed by atoms with Gasteiger partial charge in [0.1, 0.15) is 0 Å². The molecule has 62 valence electrons. The van der Waals surface area contributed by atoms with Crippen LogP contribution in [0.2, 0.25) is 6.55 Å². The third-order valence-electron chi connectivity index (χ3n) is 1.45. The zero-order valence-electron chi connectivity index (χ0n) is 7.42. The van der Waals surface area contributed by atoms with Crippen LogP contribution in [0.25, 0.3) is 0 Å². The Labute approximate surface area is 64.8 Å². The van der Waals surface area contributed by atoms with Crippen LogP contribution >= 0.6 is 0 Å². The summed E-state index contributed by atoms with van der Waals surface area (Å²) in [6.45, 7) is 4.03. The molecule has 0 N–H and O–H groups in total. The maximum atomic E-state index is 5.50. The van der Waals surface area contributed by atoms with E-state index in [0.29, 0.717) is 0 Å². The van der Waals surface area contributed by atoms with E-state index in [2.05, 4.69) is 0 Å². The summed E-state index contributed by atoms with van der Waals surface area (Å²) in [5.41, 5.74) is 0. The lowest BCUT2D eigenvalue weighted by molar-refractivity contribution is 0.0572. The Morgan fingerprint density at radius 1 is 1.40 bits per heavy atom. The molecule has 0 rings (SSSR count). The van der Waals surface area contributed by atoms with Gasteiger partial charge in [-0.15, -0.1) is 0 Å². The van der Waals surface area contributed by atoms with E-state index in [1.807, 2.05) is 32.5 Å². The smallest absolute Gasteiger partial charge is 0.319 e. The van der Waals surface area contributed by atoms with Gasteiger partial charge in [-0.2, -0.15) is 0 Å². The third kappa shape index (κ3) is 4.00. The van der Waals surface area contributed by atoms with Crippen molar-refractivity contribution >= 4 is 9.28 Å². The maximum absolute atomic E-state index is 5.50. The van der Waals surface area contributed by atoms with Crippen LogP contribution in [0.1, 0.15) is 6.92 Å². The topological polar surface area (TPSA) is 21.7 Å². The minimum absolute atomic E-state index is 0.168. The number of rotatable bonds is 4. The molecular weight excluding hydrogens is 146 g/mol. The maximum Gasteiger partial charge on any atom is 0.319 e. The minimum atomic E-state index is -1.34.